The van der Waals surface area contributed by atoms with Crippen LogP contribution in [0.25, 0.3) is 0 Å². The van der Waals surface area contributed by atoms with Crippen LogP contribution in [-0.4, -0.2) is 60.7 Å². The average Bonchev–Trinajstić information content (AvgIpc) is 3.10. The van der Waals surface area contributed by atoms with Crippen molar-refractivity contribution in [2.45, 2.75) is 69.9 Å². The topological polar surface area (TPSA) is 76.2 Å². The summed E-state index contributed by atoms with van der Waals surface area (Å²) in [5.41, 5.74) is 3.91. The normalized spacial score (nSPS) is 26.6. The summed E-state index contributed by atoms with van der Waals surface area (Å²) in [6, 6.07) is 26.2. The number of ether oxygens (including phenoxy) is 2. The second kappa shape index (κ2) is 13.3. The van der Waals surface area contributed by atoms with E-state index in [1.165, 1.54) is 31.9 Å². The Morgan fingerprint density at radius 1 is 0.787 bits per heavy atom. The number of hydrogen-bond acceptors (Lipinski definition) is 6. The molecule has 246 valence electrons. The number of carbonyl (C=O) groups is 3. The highest BCUT2D eigenvalue weighted by atomic mass is 16.5. The number of Topliss-reactive ketones (excluding diaryl/α,β-unsaturated/α-hetero) is 1. The lowest BCUT2D eigenvalue weighted by atomic mass is 9.42. The van der Waals surface area contributed by atoms with Gasteiger partial charge in [-0.25, -0.2) is 4.79 Å². The number of nitrogens with zero attached hydrogens (tertiary/aromatic N) is 2. The first-order valence-corrected chi connectivity index (χ1v) is 17.3. The number of hydrogen-bond donors (Lipinski definition) is 0. The van der Waals surface area contributed by atoms with Gasteiger partial charge in [0, 0.05) is 56.5 Å². The molecule has 4 aliphatic carbocycles. The van der Waals surface area contributed by atoms with Gasteiger partial charge >= 0.3 is 5.97 Å². The van der Waals surface area contributed by atoms with Gasteiger partial charge in [-0.3, -0.25) is 14.5 Å². The molecule has 3 aromatic carbocycles. The molecule has 5 fully saturated rings. The summed E-state index contributed by atoms with van der Waals surface area (Å²) in [5, 5.41) is 0. The molecular formula is C40H46N2O5. The molecule has 3 aromatic rings. The van der Waals surface area contributed by atoms with E-state index in [0.29, 0.717) is 55.7 Å². The third-order valence-corrected chi connectivity index (χ3v) is 11.5. The van der Waals surface area contributed by atoms with E-state index < -0.39 is 0 Å². The van der Waals surface area contributed by atoms with Crippen molar-refractivity contribution in [3.8, 4) is 5.75 Å². The molecular weight excluding hydrogens is 588 g/mol. The summed E-state index contributed by atoms with van der Waals surface area (Å²) in [7, 11) is 1.38. The molecule has 0 spiro atoms. The maximum Gasteiger partial charge on any atom is 0.337 e. The number of amides is 1. The number of ketones is 1. The van der Waals surface area contributed by atoms with Crippen molar-refractivity contribution in [2.75, 3.05) is 33.3 Å². The van der Waals surface area contributed by atoms with Gasteiger partial charge in [0.25, 0.3) is 0 Å². The molecule has 5 aliphatic rings. The fourth-order valence-electron chi connectivity index (χ4n) is 9.55. The van der Waals surface area contributed by atoms with E-state index in [9.17, 15) is 14.4 Å². The monoisotopic (exact) mass is 634 g/mol. The van der Waals surface area contributed by atoms with Crippen LogP contribution >= 0.6 is 0 Å². The van der Waals surface area contributed by atoms with E-state index >= 15 is 0 Å². The maximum absolute atomic E-state index is 13.9. The molecule has 2 atom stereocenters. The Bertz CT molecular complexity index is 1580. The number of methoxy groups -OCH3 is 1. The van der Waals surface area contributed by atoms with Gasteiger partial charge in [-0.2, -0.15) is 0 Å². The molecule has 4 saturated carbocycles. The maximum atomic E-state index is 13.9. The Balaban J connectivity index is 0.897. The number of carbonyl (C=O) groups excluding carboxylic acids is 3. The molecule has 8 rings (SSSR count). The van der Waals surface area contributed by atoms with Gasteiger partial charge in [-0.15, -0.1) is 0 Å². The zero-order valence-corrected chi connectivity index (χ0v) is 27.5. The summed E-state index contributed by atoms with van der Waals surface area (Å²) in [6.07, 6.45) is 7.42. The Hall–Kier alpha value is -3.97. The van der Waals surface area contributed by atoms with Gasteiger partial charge in [0.1, 0.15) is 18.1 Å². The number of piperazine rings is 1. The van der Waals surface area contributed by atoms with Gasteiger partial charge in [-0.1, -0.05) is 60.7 Å². The Kier molecular flexibility index (Phi) is 8.93. The molecule has 4 bridgehead atoms. The highest BCUT2D eigenvalue weighted by molar-refractivity contribution is 5.90. The highest BCUT2D eigenvalue weighted by Gasteiger charge is 2.60. The van der Waals surface area contributed by atoms with Crippen molar-refractivity contribution >= 4 is 17.7 Å². The molecule has 7 nitrogen and oxygen atoms in total. The first-order chi connectivity index (χ1) is 22.8. The van der Waals surface area contributed by atoms with E-state index in [0.717, 1.165) is 55.8 Å². The molecule has 1 saturated heterocycles. The molecule has 7 heteroatoms. The summed E-state index contributed by atoms with van der Waals surface area (Å²) >= 11 is 0. The van der Waals surface area contributed by atoms with Crippen LogP contribution in [0.2, 0.25) is 0 Å². The minimum Gasteiger partial charge on any atom is -0.489 e. The molecule has 47 heavy (non-hydrogen) atoms. The molecule has 0 aromatic heterocycles. The van der Waals surface area contributed by atoms with E-state index in [-0.39, 0.29) is 22.7 Å². The average molecular weight is 635 g/mol. The summed E-state index contributed by atoms with van der Waals surface area (Å²) < 4.78 is 11.0. The van der Waals surface area contributed by atoms with Crippen molar-refractivity contribution in [3.05, 3.63) is 101 Å². The number of benzene rings is 3. The lowest BCUT2D eigenvalue weighted by Crippen LogP contribution is -2.56. The third kappa shape index (κ3) is 6.60. The predicted octanol–water partition coefficient (Wildman–Crippen LogP) is 6.58. The summed E-state index contributed by atoms with van der Waals surface area (Å²) in [6.45, 7) is 4.07. The van der Waals surface area contributed by atoms with Crippen LogP contribution in [0.4, 0.5) is 0 Å². The lowest BCUT2D eigenvalue weighted by molar-refractivity contribution is -0.148. The van der Waals surface area contributed by atoms with Crippen LogP contribution in [0.15, 0.2) is 78.9 Å². The number of para-hydroxylation sites is 1. The SMILES string of the molecule is COC(=O)c1ccc(COc2ccccc2CN2CCN(C(=O)CCC(=O)C34CC5CC(C3)CC(c3ccccc3)(C5)C4)CC2)cc1. The van der Waals surface area contributed by atoms with Crippen LogP contribution in [0, 0.1) is 17.3 Å². The Morgan fingerprint density at radius 2 is 1.47 bits per heavy atom. The van der Waals surface area contributed by atoms with Crippen molar-refractivity contribution in [3.63, 3.8) is 0 Å². The van der Waals surface area contributed by atoms with Gasteiger partial charge < -0.3 is 14.4 Å². The van der Waals surface area contributed by atoms with Crippen molar-refractivity contribution in [2.24, 2.45) is 17.3 Å². The second-order valence-corrected chi connectivity index (χ2v) is 14.6. The van der Waals surface area contributed by atoms with Crippen LogP contribution in [0.5, 0.6) is 5.75 Å². The van der Waals surface area contributed by atoms with E-state index in [1.807, 2.05) is 35.2 Å². The molecule has 1 aliphatic heterocycles. The van der Waals surface area contributed by atoms with Gasteiger partial charge in [0.15, 0.2) is 0 Å². The summed E-state index contributed by atoms with van der Waals surface area (Å²) in [4.78, 5) is 43.3. The first-order valence-electron chi connectivity index (χ1n) is 17.3. The van der Waals surface area contributed by atoms with Crippen molar-refractivity contribution in [1.82, 2.24) is 9.80 Å². The third-order valence-electron chi connectivity index (χ3n) is 11.5. The highest BCUT2D eigenvalue weighted by Crippen LogP contribution is 2.66. The molecule has 1 amide bonds. The zero-order chi connectivity index (χ0) is 32.4. The smallest absolute Gasteiger partial charge is 0.337 e. The quantitative estimate of drug-likeness (QED) is 0.222. The van der Waals surface area contributed by atoms with E-state index in [4.69, 9.17) is 9.47 Å². The first kappa shape index (κ1) is 31.6. The summed E-state index contributed by atoms with van der Waals surface area (Å²) in [5.74, 6) is 2.21. The van der Waals surface area contributed by atoms with Crippen LogP contribution < -0.4 is 4.74 Å². The van der Waals surface area contributed by atoms with E-state index in [2.05, 4.69) is 41.3 Å². The van der Waals surface area contributed by atoms with Crippen LogP contribution in [-0.2, 0) is 32.9 Å². The van der Waals surface area contributed by atoms with E-state index in [1.54, 1.807) is 12.1 Å². The lowest BCUT2D eigenvalue weighted by Gasteiger charge is -2.62. The largest absolute Gasteiger partial charge is 0.489 e. The molecule has 2 unspecified atom stereocenters. The Labute approximate surface area is 278 Å². The van der Waals surface area contributed by atoms with Gasteiger partial charge in [-0.05, 0) is 85.1 Å². The van der Waals surface area contributed by atoms with Crippen molar-refractivity contribution < 1.29 is 23.9 Å². The predicted molar refractivity (Wildman–Crippen MR) is 180 cm³/mol. The van der Waals surface area contributed by atoms with Gasteiger partial charge in [0.05, 0.1) is 12.7 Å². The molecule has 0 radical (unpaired) electrons. The van der Waals surface area contributed by atoms with Crippen molar-refractivity contribution in [1.29, 1.82) is 0 Å². The number of esters is 1. The second-order valence-electron chi connectivity index (χ2n) is 14.6. The number of rotatable bonds is 11. The fraction of sp³-hybridized carbons (Fsp3) is 0.475. The van der Waals surface area contributed by atoms with Crippen LogP contribution in [0.3, 0.4) is 0 Å². The zero-order valence-electron chi connectivity index (χ0n) is 27.5. The fourth-order valence-corrected chi connectivity index (χ4v) is 9.55. The molecule has 1 heterocycles. The standard InChI is InChI=1S/C40H46N2O5/c1-46-38(45)32-13-11-29(12-14-32)27-47-35-10-6-5-7-33(35)26-41-17-19-42(20-18-41)37(44)16-15-36(43)40-24-30-21-31(25-40)23-39(22-30,28-40)34-8-3-2-4-9-34/h2-14,30-31H,15-28H2,1H3. The minimum absolute atomic E-state index is 0.113. The minimum atomic E-state index is -0.354. The molecule has 0 N–H and O–H groups in total. The Morgan fingerprint density at radius 3 is 2.17 bits per heavy atom. The van der Waals surface area contributed by atoms with Gasteiger partial charge in [0.2, 0.25) is 5.91 Å². The van der Waals surface area contributed by atoms with Crippen LogP contribution in [0.1, 0.15) is 78.4 Å².